The van der Waals surface area contributed by atoms with Crippen molar-refractivity contribution >= 4 is 17.5 Å². The van der Waals surface area contributed by atoms with Gasteiger partial charge in [0, 0.05) is 20.5 Å². The molecule has 72 valence electrons. The third-order valence-electron chi connectivity index (χ3n) is 2.23. The van der Waals surface area contributed by atoms with Crippen molar-refractivity contribution in [1.82, 2.24) is 4.90 Å². The Morgan fingerprint density at radius 2 is 2.00 bits per heavy atom. The molecule has 0 aromatic carbocycles. The highest BCUT2D eigenvalue weighted by atomic mass is 16.2. The lowest BCUT2D eigenvalue weighted by Crippen LogP contribution is -2.40. The highest BCUT2D eigenvalue weighted by molar-refractivity contribution is 6.41. The summed E-state index contributed by atoms with van der Waals surface area (Å²) in [5.74, 6) is -1.87. The Hall–Kier alpha value is -1.19. The Morgan fingerprint density at radius 3 is 2.54 bits per heavy atom. The van der Waals surface area contributed by atoms with Crippen LogP contribution in [0, 0.1) is 5.92 Å². The SMILES string of the molecule is CN(C)C(=O)C1CCCC(=O)C1=O. The second kappa shape index (κ2) is 3.68. The molecule has 1 fully saturated rings. The van der Waals surface area contributed by atoms with Gasteiger partial charge in [0.2, 0.25) is 11.7 Å². The van der Waals surface area contributed by atoms with Crippen LogP contribution in [0.1, 0.15) is 19.3 Å². The van der Waals surface area contributed by atoms with Crippen LogP contribution >= 0.6 is 0 Å². The van der Waals surface area contributed by atoms with Crippen molar-refractivity contribution < 1.29 is 14.4 Å². The first kappa shape index (κ1) is 9.89. The molecule has 1 atom stereocenters. The first-order valence-electron chi connectivity index (χ1n) is 4.32. The van der Waals surface area contributed by atoms with Crippen molar-refractivity contribution in [3.8, 4) is 0 Å². The second-order valence-corrected chi connectivity index (χ2v) is 3.46. The quantitative estimate of drug-likeness (QED) is 0.425. The van der Waals surface area contributed by atoms with Gasteiger partial charge in [-0.15, -0.1) is 0 Å². The lowest BCUT2D eigenvalue weighted by molar-refractivity contribution is -0.148. The smallest absolute Gasteiger partial charge is 0.233 e. The average Bonchev–Trinajstić information content (AvgIpc) is 2.08. The zero-order valence-electron chi connectivity index (χ0n) is 7.87. The summed E-state index contributed by atoms with van der Waals surface area (Å²) < 4.78 is 0. The zero-order chi connectivity index (χ0) is 10.0. The minimum Gasteiger partial charge on any atom is -0.348 e. The summed E-state index contributed by atoms with van der Waals surface area (Å²) in [6.45, 7) is 0. The number of nitrogens with zero attached hydrogens (tertiary/aromatic N) is 1. The average molecular weight is 183 g/mol. The van der Waals surface area contributed by atoms with Crippen LogP contribution in [0.4, 0.5) is 0 Å². The van der Waals surface area contributed by atoms with Gasteiger partial charge < -0.3 is 4.90 Å². The summed E-state index contributed by atoms with van der Waals surface area (Å²) in [6.07, 6.45) is 1.46. The van der Waals surface area contributed by atoms with Crippen molar-refractivity contribution in [2.24, 2.45) is 5.92 Å². The van der Waals surface area contributed by atoms with Gasteiger partial charge in [0.1, 0.15) is 5.92 Å². The van der Waals surface area contributed by atoms with Crippen molar-refractivity contribution in [3.05, 3.63) is 0 Å². The van der Waals surface area contributed by atoms with E-state index < -0.39 is 17.5 Å². The molecular weight excluding hydrogens is 170 g/mol. The molecule has 0 aromatic heterocycles. The van der Waals surface area contributed by atoms with E-state index in [9.17, 15) is 14.4 Å². The van der Waals surface area contributed by atoms with Crippen LogP contribution in [-0.2, 0) is 14.4 Å². The molecule has 1 amide bonds. The van der Waals surface area contributed by atoms with E-state index in [4.69, 9.17) is 0 Å². The number of amides is 1. The molecule has 0 aromatic rings. The first-order chi connectivity index (χ1) is 6.04. The molecule has 0 heterocycles. The van der Waals surface area contributed by atoms with Gasteiger partial charge in [-0.1, -0.05) is 0 Å². The Bertz CT molecular complexity index is 258. The molecule has 0 N–H and O–H groups in total. The van der Waals surface area contributed by atoms with E-state index in [1.54, 1.807) is 14.1 Å². The lowest BCUT2D eigenvalue weighted by atomic mass is 9.86. The number of carbonyl (C=O) groups excluding carboxylic acids is 3. The van der Waals surface area contributed by atoms with Gasteiger partial charge in [-0.2, -0.15) is 0 Å². The van der Waals surface area contributed by atoms with Crippen LogP contribution < -0.4 is 0 Å². The van der Waals surface area contributed by atoms with Gasteiger partial charge in [0.25, 0.3) is 0 Å². The third-order valence-corrected chi connectivity index (χ3v) is 2.23. The molecule has 0 aliphatic heterocycles. The third kappa shape index (κ3) is 1.94. The van der Waals surface area contributed by atoms with E-state index in [0.29, 0.717) is 19.3 Å². The molecule has 0 saturated heterocycles. The molecule has 1 aliphatic rings. The Balaban J connectivity index is 2.74. The molecule has 1 saturated carbocycles. The number of rotatable bonds is 1. The van der Waals surface area contributed by atoms with E-state index in [2.05, 4.69) is 0 Å². The van der Waals surface area contributed by atoms with Gasteiger partial charge in [0.05, 0.1) is 0 Å². The van der Waals surface area contributed by atoms with Crippen LogP contribution in [0.2, 0.25) is 0 Å². The molecule has 0 spiro atoms. The molecule has 0 radical (unpaired) electrons. The van der Waals surface area contributed by atoms with Crippen molar-refractivity contribution in [3.63, 3.8) is 0 Å². The highest BCUT2D eigenvalue weighted by Crippen LogP contribution is 2.19. The normalized spacial score (nSPS) is 23.1. The van der Waals surface area contributed by atoms with E-state index in [0.717, 1.165) is 0 Å². The Kier molecular flexibility index (Phi) is 2.80. The maximum atomic E-state index is 11.4. The molecule has 1 rings (SSSR count). The van der Waals surface area contributed by atoms with Gasteiger partial charge in [0.15, 0.2) is 5.78 Å². The van der Waals surface area contributed by atoms with Gasteiger partial charge in [-0.25, -0.2) is 0 Å². The first-order valence-corrected chi connectivity index (χ1v) is 4.32. The number of hydrogen-bond acceptors (Lipinski definition) is 3. The van der Waals surface area contributed by atoms with Crippen LogP contribution in [0.15, 0.2) is 0 Å². The van der Waals surface area contributed by atoms with Crippen LogP contribution in [-0.4, -0.2) is 36.5 Å². The van der Waals surface area contributed by atoms with Gasteiger partial charge in [-0.05, 0) is 12.8 Å². The molecular formula is C9H13NO3. The standard InChI is InChI=1S/C9H13NO3/c1-10(2)9(13)6-4-3-5-7(11)8(6)12/h6H,3-5H2,1-2H3. The van der Waals surface area contributed by atoms with Crippen molar-refractivity contribution in [2.45, 2.75) is 19.3 Å². The van der Waals surface area contributed by atoms with Crippen LogP contribution in [0.25, 0.3) is 0 Å². The fourth-order valence-corrected chi connectivity index (χ4v) is 1.46. The zero-order valence-corrected chi connectivity index (χ0v) is 7.87. The minimum absolute atomic E-state index is 0.252. The number of ketones is 2. The van der Waals surface area contributed by atoms with Gasteiger partial charge >= 0.3 is 0 Å². The molecule has 1 aliphatic carbocycles. The van der Waals surface area contributed by atoms with E-state index in [1.165, 1.54) is 4.90 Å². The van der Waals surface area contributed by atoms with E-state index in [1.807, 2.05) is 0 Å². The van der Waals surface area contributed by atoms with Crippen molar-refractivity contribution in [1.29, 1.82) is 0 Å². The topological polar surface area (TPSA) is 54.5 Å². The lowest BCUT2D eigenvalue weighted by Gasteiger charge is -2.21. The summed E-state index contributed by atoms with van der Waals surface area (Å²) in [4.78, 5) is 35.1. The Morgan fingerprint density at radius 1 is 1.38 bits per heavy atom. The summed E-state index contributed by atoms with van der Waals surface area (Å²) in [5, 5.41) is 0. The molecule has 1 unspecified atom stereocenters. The fourth-order valence-electron chi connectivity index (χ4n) is 1.46. The van der Waals surface area contributed by atoms with Gasteiger partial charge in [-0.3, -0.25) is 14.4 Å². The maximum absolute atomic E-state index is 11.4. The Labute approximate surface area is 76.9 Å². The number of Topliss-reactive ketones (excluding diaryl/α,β-unsaturated/α-hetero) is 2. The monoisotopic (exact) mass is 183 g/mol. The van der Waals surface area contributed by atoms with E-state index >= 15 is 0 Å². The largest absolute Gasteiger partial charge is 0.348 e. The van der Waals surface area contributed by atoms with Crippen LogP contribution in [0.5, 0.6) is 0 Å². The summed E-state index contributed by atoms with van der Waals surface area (Å²) in [7, 11) is 3.18. The molecule has 4 nitrogen and oxygen atoms in total. The maximum Gasteiger partial charge on any atom is 0.233 e. The van der Waals surface area contributed by atoms with E-state index in [-0.39, 0.29) is 5.91 Å². The number of hydrogen-bond donors (Lipinski definition) is 0. The molecule has 4 heteroatoms. The minimum atomic E-state index is -0.712. The molecule has 13 heavy (non-hydrogen) atoms. The second-order valence-electron chi connectivity index (χ2n) is 3.46. The van der Waals surface area contributed by atoms with Crippen LogP contribution in [0.3, 0.4) is 0 Å². The van der Waals surface area contributed by atoms with Crippen molar-refractivity contribution in [2.75, 3.05) is 14.1 Å². The predicted molar refractivity (Wildman–Crippen MR) is 46.0 cm³/mol. The highest BCUT2D eigenvalue weighted by Gasteiger charge is 2.35. The molecule has 0 bridgehead atoms. The summed E-state index contributed by atoms with van der Waals surface area (Å²) in [6, 6.07) is 0. The summed E-state index contributed by atoms with van der Waals surface area (Å²) >= 11 is 0. The fraction of sp³-hybridized carbons (Fsp3) is 0.667. The predicted octanol–water partition coefficient (Wildman–Crippen LogP) is 0.0129. The summed E-state index contributed by atoms with van der Waals surface area (Å²) in [5.41, 5.74) is 0. The number of carbonyl (C=O) groups is 3.